The summed E-state index contributed by atoms with van der Waals surface area (Å²) in [5.41, 5.74) is 3.05. The summed E-state index contributed by atoms with van der Waals surface area (Å²) in [6.07, 6.45) is 0.841. The summed E-state index contributed by atoms with van der Waals surface area (Å²) in [5.74, 6) is 0.621. The van der Waals surface area contributed by atoms with E-state index in [1.54, 1.807) is 14.2 Å². The van der Waals surface area contributed by atoms with Gasteiger partial charge in [-0.05, 0) is 42.3 Å². The Morgan fingerprint density at radius 3 is 2.35 bits per heavy atom. The monoisotopic (exact) mass is 424 g/mol. The van der Waals surface area contributed by atoms with Crippen molar-refractivity contribution in [2.75, 3.05) is 63.6 Å². The zero-order valence-corrected chi connectivity index (χ0v) is 18.6. The Bertz CT molecular complexity index is 877. The Morgan fingerprint density at radius 2 is 1.71 bits per heavy atom. The highest BCUT2D eigenvalue weighted by Gasteiger charge is 2.21. The van der Waals surface area contributed by atoms with Crippen LogP contribution < -0.4 is 15.0 Å². The standard InChI is InChI=1S/C24H32N4O3/c1-4-19-7-5-6-8-22(19)25-23(29)17-26(2)24(30)18-27-13-15-28(16-14-27)20-9-11-21(31-3)12-10-20/h5-12H,4,13-18H2,1-3H3,(H,25,29). The number of hydrogen-bond donors (Lipinski definition) is 1. The largest absolute Gasteiger partial charge is 0.497 e. The number of carbonyl (C=O) groups is 2. The molecule has 2 aromatic carbocycles. The van der Waals surface area contributed by atoms with E-state index in [4.69, 9.17) is 4.74 Å². The molecule has 31 heavy (non-hydrogen) atoms. The van der Waals surface area contributed by atoms with E-state index >= 15 is 0 Å². The first-order valence-corrected chi connectivity index (χ1v) is 10.7. The Balaban J connectivity index is 1.44. The maximum atomic E-state index is 12.6. The van der Waals surface area contributed by atoms with Gasteiger partial charge in [-0.1, -0.05) is 25.1 Å². The van der Waals surface area contributed by atoms with E-state index in [9.17, 15) is 9.59 Å². The second kappa shape index (κ2) is 10.8. The lowest BCUT2D eigenvalue weighted by Gasteiger charge is -2.36. The zero-order chi connectivity index (χ0) is 22.2. The number of likely N-dealkylation sites (N-methyl/N-ethyl adjacent to an activating group) is 1. The summed E-state index contributed by atoms with van der Waals surface area (Å²) in [6.45, 7) is 5.75. The fourth-order valence-electron chi connectivity index (χ4n) is 3.71. The predicted octanol–water partition coefficient (Wildman–Crippen LogP) is 2.48. The van der Waals surface area contributed by atoms with Crippen LogP contribution >= 0.6 is 0 Å². The van der Waals surface area contributed by atoms with Crippen LogP contribution in [-0.4, -0.2) is 75.0 Å². The molecule has 7 heteroatoms. The van der Waals surface area contributed by atoms with Gasteiger partial charge in [-0.25, -0.2) is 0 Å². The number of benzene rings is 2. The lowest BCUT2D eigenvalue weighted by Crippen LogP contribution is -2.50. The van der Waals surface area contributed by atoms with E-state index in [1.807, 2.05) is 36.4 Å². The maximum Gasteiger partial charge on any atom is 0.243 e. The fourth-order valence-corrected chi connectivity index (χ4v) is 3.71. The molecule has 0 aliphatic carbocycles. The third kappa shape index (κ3) is 6.21. The van der Waals surface area contributed by atoms with Gasteiger partial charge in [-0.2, -0.15) is 0 Å². The summed E-state index contributed by atoms with van der Waals surface area (Å²) in [7, 11) is 3.34. The van der Waals surface area contributed by atoms with Gasteiger partial charge >= 0.3 is 0 Å². The number of methoxy groups -OCH3 is 1. The number of amides is 2. The second-order valence-electron chi connectivity index (χ2n) is 7.77. The molecule has 0 aromatic heterocycles. The van der Waals surface area contributed by atoms with Crippen LogP contribution in [0.25, 0.3) is 0 Å². The third-order valence-corrected chi connectivity index (χ3v) is 5.65. The molecule has 2 aromatic rings. The lowest BCUT2D eigenvalue weighted by molar-refractivity contribution is -0.134. The average Bonchev–Trinajstić information content (AvgIpc) is 2.80. The first kappa shape index (κ1) is 22.6. The van der Waals surface area contributed by atoms with E-state index < -0.39 is 0 Å². The molecule has 1 heterocycles. The first-order chi connectivity index (χ1) is 15.0. The highest BCUT2D eigenvalue weighted by molar-refractivity contribution is 5.95. The molecule has 1 aliphatic rings. The number of aryl methyl sites for hydroxylation is 1. The number of piperazine rings is 1. The molecule has 1 saturated heterocycles. The van der Waals surface area contributed by atoms with Gasteiger partial charge in [0.15, 0.2) is 0 Å². The SMILES string of the molecule is CCc1ccccc1NC(=O)CN(C)C(=O)CN1CCN(c2ccc(OC)cc2)CC1. The van der Waals surface area contributed by atoms with Crippen molar-refractivity contribution in [3.8, 4) is 5.75 Å². The molecule has 1 N–H and O–H groups in total. The molecule has 0 bridgehead atoms. The van der Waals surface area contributed by atoms with Gasteiger partial charge in [0.05, 0.1) is 20.2 Å². The van der Waals surface area contributed by atoms with E-state index in [0.29, 0.717) is 6.54 Å². The first-order valence-electron chi connectivity index (χ1n) is 10.7. The smallest absolute Gasteiger partial charge is 0.243 e. The van der Waals surface area contributed by atoms with Crippen LogP contribution in [0.15, 0.2) is 48.5 Å². The second-order valence-corrected chi connectivity index (χ2v) is 7.77. The van der Waals surface area contributed by atoms with Crippen molar-refractivity contribution in [2.45, 2.75) is 13.3 Å². The van der Waals surface area contributed by atoms with Crippen LogP contribution in [-0.2, 0) is 16.0 Å². The number of anilines is 2. The zero-order valence-electron chi connectivity index (χ0n) is 18.6. The highest BCUT2D eigenvalue weighted by Crippen LogP contribution is 2.20. The molecule has 1 fully saturated rings. The number of carbonyl (C=O) groups excluding carboxylic acids is 2. The normalized spacial score (nSPS) is 14.2. The Kier molecular flexibility index (Phi) is 7.89. The third-order valence-electron chi connectivity index (χ3n) is 5.65. The molecule has 0 radical (unpaired) electrons. The molecular formula is C24H32N4O3. The quantitative estimate of drug-likeness (QED) is 0.705. The van der Waals surface area contributed by atoms with Crippen LogP contribution in [0.3, 0.4) is 0 Å². The summed E-state index contributed by atoms with van der Waals surface area (Å²) in [5, 5.41) is 2.92. The number of nitrogens with one attached hydrogen (secondary N) is 1. The minimum atomic E-state index is -0.180. The lowest BCUT2D eigenvalue weighted by atomic mass is 10.1. The van der Waals surface area contributed by atoms with Crippen molar-refractivity contribution in [1.29, 1.82) is 0 Å². The van der Waals surface area contributed by atoms with E-state index in [0.717, 1.165) is 55.3 Å². The van der Waals surface area contributed by atoms with Crippen LogP contribution in [0.5, 0.6) is 5.75 Å². The van der Waals surface area contributed by atoms with Gasteiger partial charge in [0.2, 0.25) is 11.8 Å². The number of nitrogens with zero attached hydrogens (tertiary/aromatic N) is 3. The summed E-state index contributed by atoms with van der Waals surface area (Å²) >= 11 is 0. The molecule has 7 nitrogen and oxygen atoms in total. The molecular weight excluding hydrogens is 392 g/mol. The van der Waals surface area contributed by atoms with Crippen molar-refractivity contribution in [2.24, 2.45) is 0 Å². The number of rotatable bonds is 8. The Morgan fingerprint density at radius 1 is 1.03 bits per heavy atom. The van der Waals surface area contributed by atoms with Gasteiger partial charge < -0.3 is 19.9 Å². The van der Waals surface area contributed by atoms with Gasteiger partial charge in [0.25, 0.3) is 0 Å². The number of hydrogen-bond acceptors (Lipinski definition) is 5. The van der Waals surface area contributed by atoms with Crippen molar-refractivity contribution >= 4 is 23.2 Å². The van der Waals surface area contributed by atoms with Crippen LogP contribution in [0.4, 0.5) is 11.4 Å². The predicted molar refractivity (Wildman–Crippen MR) is 124 cm³/mol. The van der Waals surface area contributed by atoms with Crippen LogP contribution in [0, 0.1) is 0 Å². The van der Waals surface area contributed by atoms with Crippen molar-refractivity contribution < 1.29 is 14.3 Å². The number of ether oxygens (including phenoxy) is 1. The van der Waals surface area contributed by atoms with Crippen molar-refractivity contribution in [3.63, 3.8) is 0 Å². The maximum absolute atomic E-state index is 12.6. The van der Waals surface area contributed by atoms with Gasteiger partial charge in [-0.3, -0.25) is 14.5 Å². The topological polar surface area (TPSA) is 65.1 Å². The Labute approximate surface area is 184 Å². The van der Waals surface area contributed by atoms with Gasteiger partial charge in [0, 0.05) is 44.6 Å². The van der Waals surface area contributed by atoms with Gasteiger partial charge in [0.1, 0.15) is 5.75 Å². The Hall–Kier alpha value is -3.06. The van der Waals surface area contributed by atoms with E-state index in [1.165, 1.54) is 4.90 Å². The number of para-hydroxylation sites is 1. The van der Waals surface area contributed by atoms with Crippen LogP contribution in [0.2, 0.25) is 0 Å². The van der Waals surface area contributed by atoms with E-state index in [2.05, 4.69) is 34.2 Å². The molecule has 1 aliphatic heterocycles. The summed E-state index contributed by atoms with van der Waals surface area (Å²) < 4.78 is 5.21. The van der Waals surface area contributed by atoms with Crippen LogP contribution in [0.1, 0.15) is 12.5 Å². The molecule has 166 valence electrons. The fraction of sp³-hybridized carbons (Fsp3) is 0.417. The molecule has 0 spiro atoms. The van der Waals surface area contributed by atoms with E-state index in [-0.39, 0.29) is 18.4 Å². The minimum Gasteiger partial charge on any atom is -0.497 e. The average molecular weight is 425 g/mol. The molecule has 0 unspecified atom stereocenters. The molecule has 0 saturated carbocycles. The summed E-state index contributed by atoms with van der Waals surface area (Å²) in [4.78, 5) is 31.0. The highest BCUT2D eigenvalue weighted by atomic mass is 16.5. The van der Waals surface area contributed by atoms with Crippen molar-refractivity contribution in [3.05, 3.63) is 54.1 Å². The van der Waals surface area contributed by atoms with Crippen molar-refractivity contribution in [1.82, 2.24) is 9.80 Å². The summed E-state index contributed by atoms with van der Waals surface area (Å²) in [6, 6.07) is 15.8. The minimum absolute atomic E-state index is 0.0443. The molecule has 2 amide bonds. The van der Waals surface area contributed by atoms with Gasteiger partial charge in [-0.15, -0.1) is 0 Å². The molecule has 0 atom stereocenters. The molecule has 3 rings (SSSR count).